The molecule has 116 valence electrons. The number of amides is 2. The summed E-state index contributed by atoms with van der Waals surface area (Å²) in [6.07, 6.45) is 0.721. The Labute approximate surface area is 121 Å². The molecule has 0 spiro atoms. The van der Waals surface area contributed by atoms with Gasteiger partial charge in [0.05, 0.1) is 0 Å². The van der Waals surface area contributed by atoms with E-state index < -0.39 is 12.0 Å². The molecule has 1 saturated heterocycles. The molecule has 1 aliphatic rings. The molecule has 2 N–H and O–H groups in total. The quantitative estimate of drug-likeness (QED) is 0.796. The van der Waals surface area contributed by atoms with Crippen molar-refractivity contribution < 1.29 is 14.7 Å². The van der Waals surface area contributed by atoms with Gasteiger partial charge in [0.15, 0.2) is 0 Å². The standard InChI is InChI=1S/C14H27N3O3/c1-5-11(4)12(13(18)19)15-14(20)17-8-6-16(7-9-17)10(2)3/h10-12H,5-9H2,1-4H3,(H,15,20)(H,18,19). The molecule has 0 saturated carbocycles. The zero-order valence-corrected chi connectivity index (χ0v) is 12.9. The number of hydrogen-bond acceptors (Lipinski definition) is 3. The first-order chi connectivity index (χ1) is 9.36. The van der Waals surface area contributed by atoms with Crippen molar-refractivity contribution in [1.29, 1.82) is 0 Å². The third-order valence-corrected chi connectivity index (χ3v) is 4.09. The van der Waals surface area contributed by atoms with Crippen molar-refractivity contribution in [1.82, 2.24) is 15.1 Å². The van der Waals surface area contributed by atoms with Gasteiger partial charge in [0.1, 0.15) is 6.04 Å². The van der Waals surface area contributed by atoms with Gasteiger partial charge < -0.3 is 15.3 Å². The number of piperazine rings is 1. The fourth-order valence-corrected chi connectivity index (χ4v) is 2.35. The Hall–Kier alpha value is -1.30. The topological polar surface area (TPSA) is 72.9 Å². The number of carboxylic acid groups (broad SMARTS) is 1. The molecule has 1 aliphatic heterocycles. The second-order valence-electron chi connectivity index (χ2n) is 5.77. The average Bonchev–Trinajstić information content (AvgIpc) is 2.43. The van der Waals surface area contributed by atoms with E-state index in [-0.39, 0.29) is 11.9 Å². The highest BCUT2D eigenvalue weighted by Crippen LogP contribution is 2.10. The molecule has 6 heteroatoms. The zero-order chi connectivity index (χ0) is 15.3. The molecule has 0 aromatic carbocycles. The van der Waals surface area contributed by atoms with E-state index in [1.165, 1.54) is 0 Å². The van der Waals surface area contributed by atoms with Gasteiger partial charge in [-0.3, -0.25) is 4.90 Å². The van der Waals surface area contributed by atoms with E-state index in [2.05, 4.69) is 24.1 Å². The molecule has 0 bridgehead atoms. The van der Waals surface area contributed by atoms with E-state index >= 15 is 0 Å². The number of urea groups is 1. The Balaban J connectivity index is 2.52. The molecule has 1 heterocycles. The number of carbonyl (C=O) groups is 2. The summed E-state index contributed by atoms with van der Waals surface area (Å²) in [7, 11) is 0. The van der Waals surface area contributed by atoms with Crippen LogP contribution in [-0.4, -0.2) is 65.2 Å². The van der Waals surface area contributed by atoms with Crippen LogP contribution in [0.4, 0.5) is 4.79 Å². The van der Waals surface area contributed by atoms with Crippen LogP contribution in [0.15, 0.2) is 0 Å². The van der Waals surface area contributed by atoms with Crippen LogP contribution in [0.5, 0.6) is 0 Å². The Bertz CT molecular complexity index is 339. The number of aliphatic carboxylic acids is 1. The summed E-state index contributed by atoms with van der Waals surface area (Å²) in [5, 5.41) is 11.8. The lowest BCUT2D eigenvalue weighted by Crippen LogP contribution is -2.56. The van der Waals surface area contributed by atoms with Crippen molar-refractivity contribution in [2.75, 3.05) is 26.2 Å². The maximum atomic E-state index is 12.1. The van der Waals surface area contributed by atoms with Crippen LogP contribution < -0.4 is 5.32 Å². The van der Waals surface area contributed by atoms with Gasteiger partial charge >= 0.3 is 12.0 Å². The Kier molecular flexibility index (Phi) is 6.26. The zero-order valence-electron chi connectivity index (χ0n) is 12.9. The molecule has 6 nitrogen and oxygen atoms in total. The van der Waals surface area contributed by atoms with Gasteiger partial charge in [-0.25, -0.2) is 9.59 Å². The van der Waals surface area contributed by atoms with E-state index in [1.807, 2.05) is 13.8 Å². The molecule has 2 atom stereocenters. The number of carboxylic acids is 1. The Morgan fingerprint density at radius 3 is 2.10 bits per heavy atom. The first kappa shape index (κ1) is 16.8. The highest BCUT2D eigenvalue weighted by Gasteiger charge is 2.29. The summed E-state index contributed by atoms with van der Waals surface area (Å²) >= 11 is 0. The van der Waals surface area contributed by atoms with Crippen LogP contribution >= 0.6 is 0 Å². The molecule has 2 amide bonds. The molecule has 0 radical (unpaired) electrons. The minimum Gasteiger partial charge on any atom is -0.480 e. The van der Waals surface area contributed by atoms with Gasteiger partial charge in [-0.15, -0.1) is 0 Å². The first-order valence-corrected chi connectivity index (χ1v) is 7.39. The van der Waals surface area contributed by atoms with Crippen molar-refractivity contribution >= 4 is 12.0 Å². The van der Waals surface area contributed by atoms with E-state index in [0.717, 1.165) is 19.5 Å². The highest BCUT2D eigenvalue weighted by molar-refractivity contribution is 5.82. The smallest absolute Gasteiger partial charge is 0.326 e. The summed E-state index contributed by atoms with van der Waals surface area (Å²) in [5.41, 5.74) is 0. The van der Waals surface area contributed by atoms with Crippen molar-refractivity contribution in [3.63, 3.8) is 0 Å². The lowest BCUT2D eigenvalue weighted by Gasteiger charge is -2.37. The largest absolute Gasteiger partial charge is 0.480 e. The summed E-state index contributed by atoms with van der Waals surface area (Å²) in [5.74, 6) is -1.04. The minimum absolute atomic E-state index is 0.0756. The van der Waals surface area contributed by atoms with Crippen LogP contribution in [0.25, 0.3) is 0 Å². The van der Waals surface area contributed by atoms with Crippen molar-refractivity contribution in [2.45, 2.75) is 46.2 Å². The second kappa shape index (κ2) is 7.47. The monoisotopic (exact) mass is 285 g/mol. The summed E-state index contributed by atoms with van der Waals surface area (Å²) < 4.78 is 0. The molecular weight excluding hydrogens is 258 g/mol. The van der Waals surface area contributed by atoms with Crippen LogP contribution in [0.1, 0.15) is 34.1 Å². The minimum atomic E-state index is -0.964. The van der Waals surface area contributed by atoms with Crippen LogP contribution in [0.3, 0.4) is 0 Å². The lowest BCUT2D eigenvalue weighted by molar-refractivity contribution is -0.140. The molecule has 0 aromatic rings. The van der Waals surface area contributed by atoms with Gasteiger partial charge in [0, 0.05) is 32.2 Å². The fraction of sp³-hybridized carbons (Fsp3) is 0.857. The molecule has 0 aliphatic carbocycles. The maximum Gasteiger partial charge on any atom is 0.326 e. The number of hydrogen-bond donors (Lipinski definition) is 2. The first-order valence-electron chi connectivity index (χ1n) is 7.39. The number of nitrogens with one attached hydrogen (secondary N) is 1. The lowest BCUT2D eigenvalue weighted by atomic mass is 9.99. The third kappa shape index (κ3) is 4.37. The summed E-state index contributed by atoms with van der Waals surface area (Å²) in [6, 6.07) is -0.594. The molecule has 2 unspecified atom stereocenters. The van der Waals surface area contributed by atoms with Crippen LogP contribution in [0.2, 0.25) is 0 Å². The van der Waals surface area contributed by atoms with Crippen molar-refractivity contribution in [3.8, 4) is 0 Å². The number of carbonyl (C=O) groups excluding carboxylic acids is 1. The van der Waals surface area contributed by atoms with Crippen molar-refractivity contribution in [3.05, 3.63) is 0 Å². The normalized spacial score (nSPS) is 19.8. The second-order valence-corrected chi connectivity index (χ2v) is 5.77. The van der Waals surface area contributed by atoms with Crippen LogP contribution in [0, 0.1) is 5.92 Å². The molecular formula is C14H27N3O3. The van der Waals surface area contributed by atoms with Gasteiger partial charge in [0.25, 0.3) is 0 Å². The summed E-state index contributed by atoms with van der Waals surface area (Å²) in [4.78, 5) is 27.4. The SMILES string of the molecule is CCC(C)C(NC(=O)N1CCN(C(C)C)CC1)C(=O)O. The predicted molar refractivity (Wildman–Crippen MR) is 77.7 cm³/mol. The van der Waals surface area contributed by atoms with Crippen molar-refractivity contribution in [2.24, 2.45) is 5.92 Å². The third-order valence-electron chi connectivity index (χ3n) is 4.09. The molecule has 0 aromatic heterocycles. The molecule has 1 rings (SSSR count). The Morgan fingerprint density at radius 1 is 1.15 bits per heavy atom. The van der Waals surface area contributed by atoms with Crippen LogP contribution in [-0.2, 0) is 4.79 Å². The van der Waals surface area contributed by atoms with Gasteiger partial charge in [-0.1, -0.05) is 20.3 Å². The Morgan fingerprint density at radius 2 is 1.70 bits per heavy atom. The summed E-state index contributed by atoms with van der Waals surface area (Å²) in [6.45, 7) is 11.0. The van der Waals surface area contributed by atoms with Gasteiger partial charge in [-0.05, 0) is 19.8 Å². The highest BCUT2D eigenvalue weighted by atomic mass is 16.4. The van der Waals surface area contributed by atoms with Gasteiger partial charge in [-0.2, -0.15) is 0 Å². The number of nitrogens with zero attached hydrogens (tertiary/aromatic N) is 2. The molecule has 20 heavy (non-hydrogen) atoms. The van der Waals surface area contributed by atoms with E-state index in [9.17, 15) is 14.7 Å². The van der Waals surface area contributed by atoms with E-state index in [0.29, 0.717) is 19.1 Å². The van der Waals surface area contributed by atoms with E-state index in [4.69, 9.17) is 0 Å². The predicted octanol–water partition coefficient (Wildman–Crippen LogP) is 1.22. The fourth-order valence-electron chi connectivity index (χ4n) is 2.35. The van der Waals surface area contributed by atoms with Gasteiger partial charge in [0.2, 0.25) is 0 Å². The maximum absolute atomic E-state index is 12.1. The average molecular weight is 285 g/mol. The van der Waals surface area contributed by atoms with E-state index in [1.54, 1.807) is 4.90 Å². The molecule has 1 fully saturated rings. The number of rotatable bonds is 5.